The predicted molar refractivity (Wildman–Crippen MR) is 132 cm³/mol. The molecule has 1 aromatic carbocycles. The molecule has 1 fully saturated rings. The Labute approximate surface area is 197 Å². The SMILES string of the molecule is CCNC(=NCC(c1cnn(C)c1)N(C)C)N1CCOC(c2ccccc2C)C1.I. The number of aromatic nitrogens is 2. The van der Waals surface area contributed by atoms with Crippen LogP contribution in [0, 0.1) is 6.92 Å². The van der Waals surface area contributed by atoms with Gasteiger partial charge >= 0.3 is 0 Å². The Hall–Kier alpha value is -1.65. The van der Waals surface area contributed by atoms with Crippen LogP contribution in [0.4, 0.5) is 0 Å². The Balaban J connectivity index is 0.00000320. The zero-order valence-electron chi connectivity index (χ0n) is 18.7. The summed E-state index contributed by atoms with van der Waals surface area (Å²) in [6.45, 7) is 8.11. The minimum atomic E-state index is 0. The molecular formula is C22H35IN6O. The molecule has 30 heavy (non-hydrogen) atoms. The number of rotatable bonds is 6. The third kappa shape index (κ3) is 6.18. The van der Waals surface area contributed by atoms with Crippen molar-refractivity contribution < 1.29 is 4.74 Å². The van der Waals surface area contributed by atoms with Crippen LogP contribution in [0.25, 0.3) is 0 Å². The van der Waals surface area contributed by atoms with Crippen LogP contribution in [0.1, 0.15) is 35.8 Å². The molecule has 1 aromatic heterocycles. The highest BCUT2D eigenvalue weighted by Crippen LogP contribution is 2.25. The number of halogens is 1. The lowest BCUT2D eigenvalue weighted by atomic mass is 10.0. The first-order valence-electron chi connectivity index (χ1n) is 10.3. The minimum absolute atomic E-state index is 0. The summed E-state index contributed by atoms with van der Waals surface area (Å²) in [5.41, 5.74) is 3.71. The minimum Gasteiger partial charge on any atom is -0.370 e. The van der Waals surface area contributed by atoms with Gasteiger partial charge in [0.2, 0.25) is 0 Å². The van der Waals surface area contributed by atoms with Crippen molar-refractivity contribution in [3.63, 3.8) is 0 Å². The quantitative estimate of drug-likeness (QED) is 0.357. The number of morpholine rings is 1. The lowest BCUT2D eigenvalue weighted by Gasteiger charge is -2.36. The fourth-order valence-corrected chi connectivity index (χ4v) is 3.76. The molecule has 0 spiro atoms. The third-order valence-electron chi connectivity index (χ3n) is 5.38. The van der Waals surface area contributed by atoms with Gasteiger partial charge in [-0.2, -0.15) is 5.10 Å². The molecule has 0 bridgehead atoms. The van der Waals surface area contributed by atoms with Crippen LogP contribution in [-0.2, 0) is 11.8 Å². The van der Waals surface area contributed by atoms with Crippen LogP contribution in [0.5, 0.6) is 0 Å². The molecule has 1 aliphatic rings. The van der Waals surface area contributed by atoms with Crippen molar-refractivity contribution in [3.05, 3.63) is 53.3 Å². The number of ether oxygens (including phenoxy) is 1. The third-order valence-corrected chi connectivity index (χ3v) is 5.38. The van der Waals surface area contributed by atoms with Gasteiger partial charge < -0.3 is 19.9 Å². The van der Waals surface area contributed by atoms with Gasteiger partial charge in [0.1, 0.15) is 6.10 Å². The van der Waals surface area contributed by atoms with E-state index in [0.29, 0.717) is 13.2 Å². The number of nitrogens with zero attached hydrogens (tertiary/aromatic N) is 5. The van der Waals surface area contributed by atoms with Crippen LogP contribution in [0.15, 0.2) is 41.7 Å². The molecule has 1 saturated heterocycles. The second kappa shape index (κ2) is 11.7. The molecule has 2 unspecified atom stereocenters. The average molecular weight is 526 g/mol. The predicted octanol–water partition coefficient (Wildman–Crippen LogP) is 2.99. The van der Waals surface area contributed by atoms with Crippen molar-refractivity contribution in [2.75, 3.05) is 46.9 Å². The zero-order valence-corrected chi connectivity index (χ0v) is 21.0. The maximum absolute atomic E-state index is 6.10. The molecule has 1 N–H and O–H groups in total. The maximum atomic E-state index is 6.10. The summed E-state index contributed by atoms with van der Waals surface area (Å²) >= 11 is 0. The summed E-state index contributed by atoms with van der Waals surface area (Å²) in [7, 11) is 6.12. The molecule has 1 aliphatic heterocycles. The molecule has 7 nitrogen and oxygen atoms in total. The second-order valence-electron chi connectivity index (χ2n) is 7.78. The average Bonchev–Trinajstić information content (AvgIpc) is 3.13. The van der Waals surface area contributed by atoms with Gasteiger partial charge in [-0.15, -0.1) is 24.0 Å². The van der Waals surface area contributed by atoms with Crippen molar-refractivity contribution in [2.24, 2.45) is 12.0 Å². The van der Waals surface area contributed by atoms with Gasteiger partial charge in [0, 0.05) is 31.9 Å². The summed E-state index contributed by atoms with van der Waals surface area (Å²) < 4.78 is 7.94. The molecule has 0 saturated carbocycles. The monoisotopic (exact) mass is 526 g/mol. The second-order valence-corrected chi connectivity index (χ2v) is 7.78. The van der Waals surface area contributed by atoms with Crippen molar-refractivity contribution in [1.82, 2.24) is 24.9 Å². The van der Waals surface area contributed by atoms with E-state index >= 15 is 0 Å². The number of hydrogen-bond donors (Lipinski definition) is 1. The highest BCUT2D eigenvalue weighted by molar-refractivity contribution is 14.0. The fraction of sp³-hybridized carbons (Fsp3) is 0.545. The van der Waals surface area contributed by atoms with E-state index in [1.807, 2.05) is 17.9 Å². The normalized spacial score (nSPS) is 18.3. The molecule has 166 valence electrons. The number of likely N-dealkylation sites (N-methyl/N-ethyl adjacent to an activating group) is 1. The number of hydrogen-bond acceptors (Lipinski definition) is 4. The van der Waals surface area contributed by atoms with E-state index in [0.717, 1.165) is 25.6 Å². The Morgan fingerprint density at radius 1 is 1.37 bits per heavy atom. The van der Waals surface area contributed by atoms with Gasteiger partial charge in [-0.1, -0.05) is 24.3 Å². The Morgan fingerprint density at radius 2 is 2.13 bits per heavy atom. The Morgan fingerprint density at radius 3 is 2.77 bits per heavy atom. The summed E-state index contributed by atoms with van der Waals surface area (Å²) in [4.78, 5) is 9.51. The molecule has 2 heterocycles. The Bertz CT molecular complexity index is 821. The van der Waals surface area contributed by atoms with Crippen molar-refractivity contribution in [2.45, 2.75) is 26.0 Å². The van der Waals surface area contributed by atoms with Crippen LogP contribution >= 0.6 is 24.0 Å². The summed E-state index contributed by atoms with van der Waals surface area (Å²) in [6.07, 6.45) is 4.06. The first-order chi connectivity index (χ1) is 14.0. The highest BCUT2D eigenvalue weighted by atomic mass is 127. The van der Waals surface area contributed by atoms with Crippen molar-refractivity contribution >= 4 is 29.9 Å². The number of guanidine groups is 1. The van der Waals surface area contributed by atoms with E-state index in [-0.39, 0.29) is 36.1 Å². The molecule has 0 aliphatic carbocycles. The lowest BCUT2D eigenvalue weighted by Crippen LogP contribution is -2.48. The lowest BCUT2D eigenvalue weighted by molar-refractivity contribution is -0.00836. The first kappa shape index (κ1) is 24.6. The Kier molecular flexibility index (Phi) is 9.57. The van der Waals surface area contributed by atoms with Crippen LogP contribution in [0.3, 0.4) is 0 Å². The molecule has 8 heteroatoms. The number of aliphatic imine (C=N–C) groups is 1. The molecule has 3 rings (SSSR count). The van der Waals surface area contributed by atoms with E-state index in [4.69, 9.17) is 9.73 Å². The van der Waals surface area contributed by atoms with Gasteiger partial charge in [-0.3, -0.25) is 9.67 Å². The highest BCUT2D eigenvalue weighted by Gasteiger charge is 2.25. The van der Waals surface area contributed by atoms with Crippen LogP contribution in [0.2, 0.25) is 0 Å². The topological polar surface area (TPSA) is 57.9 Å². The summed E-state index contributed by atoms with van der Waals surface area (Å²) in [5.74, 6) is 0.949. The first-order valence-corrected chi connectivity index (χ1v) is 10.3. The number of nitrogens with one attached hydrogen (secondary N) is 1. The van der Waals surface area contributed by atoms with Crippen molar-refractivity contribution in [1.29, 1.82) is 0 Å². The maximum Gasteiger partial charge on any atom is 0.194 e. The van der Waals surface area contributed by atoms with Gasteiger partial charge in [-0.25, -0.2) is 0 Å². The molecule has 0 radical (unpaired) electrons. The van der Waals surface area contributed by atoms with Gasteiger partial charge in [0.05, 0.1) is 31.9 Å². The molecule has 2 aromatic rings. The molecule has 0 amide bonds. The number of aryl methyl sites for hydroxylation is 2. The van der Waals surface area contributed by atoms with E-state index in [1.54, 1.807) is 0 Å². The van der Waals surface area contributed by atoms with Crippen molar-refractivity contribution in [3.8, 4) is 0 Å². The van der Waals surface area contributed by atoms with Gasteiger partial charge in [0.25, 0.3) is 0 Å². The van der Waals surface area contributed by atoms with Crippen LogP contribution < -0.4 is 5.32 Å². The summed E-state index contributed by atoms with van der Waals surface area (Å²) in [6, 6.07) is 8.65. The molecule has 2 atom stereocenters. The zero-order chi connectivity index (χ0) is 20.8. The summed E-state index contributed by atoms with van der Waals surface area (Å²) in [5, 5.41) is 7.79. The smallest absolute Gasteiger partial charge is 0.194 e. The van der Waals surface area contributed by atoms with Crippen LogP contribution in [-0.4, -0.2) is 72.4 Å². The van der Waals surface area contributed by atoms with Gasteiger partial charge in [0.15, 0.2) is 5.96 Å². The molecular weight excluding hydrogens is 491 g/mol. The fourth-order valence-electron chi connectivity index (χ4n) is 3.76. The van der Waals surface area contributed by atoms with E-state index in [9.17, 15) is 0 Å². The standard InChI is InChI=1S/C22H34N6O.HI/c1-6-23-22(24-14-20(26(3)4)18-13-25-27(5)15-18)28-11-12-29-21(16-28)19-10-8-7-9-17(19)2;/h7-10,13,15,20-21H,6,11-12,14,16H2,1-5H3,(H,23,24);1H. The number of benzene rings is 1. The van der Waals surface area contributed by atoms with E-state index < -0.39 is 0 Å². The van der Waals surface area contributed by atoms with Gasteiger partial charge in [-0.05, 0) is 39.1 Å². The van der Waals surface area contributed by atoms with E-state index in [1.165, 1.54) is 16.7 Å². The van der Waals surface area contributed by atoms with E-state index in [2.05, 4.69) is 78.6 Å². The largest absolute Gasteiger partial charge is 0.370 e.